The Morgan fingerprint density at radius 3 is 2.53 bits per heavy atom. The molecule has 0 spiro atoms. The second-order valence-corrected chi connectivity index (χ2v) is 7.53. The van der Waals surface area contributed by atoms with E-state index in [2.05, 4.69) is 38.3 Å². The van der Waals surface area contributed by atoms with Gasteiger partial charge in [0.05, 0.1) is 0 Å². The summed E-state index contributed by atoms with van der Waals surface area (Å²) in [7, 11) is 0. The fourth-order valence-corrected chi connectivity index (χ4v) is 4.07. The topological polar surface area (TPSA) is 24.1 Å². The first-order chi connectivity index (χ1) is 9.04. The molecule has 2 rings (SSSR count). The van der Waals surface area contributed by atoms with Gasteiger partial charge in [0, 0.05) is 18.1 Å². The lowest BCUT2D eigenvalue weighted by Gasteiger charge is -2.32. The Kier molecular flexibility index (Phi) is 5.70. The van der Waals surface area contributed by atoms with E-state index >= 15 is 0 Å². The monoisotopic (exact) mass is 266 g/mol. The largest absolute Gasteiger partial charge is 0.314 e. The molecule has 2 N–H and O–H groups in total. The predicted octanol–water partition coefficient (Wildman–Crippen LogP) is 3.57. The number of rotatable bonds is 5. The van der Waals surface area contributed by atoms with Crippen LogP contribution in [0.1, 0.15) is 66.2 Å². The Morgan fingerprint density at radius 2 is 1.89 bits per heavy atom. The van der Waals surface area contributed by atoms with Crippen LogP contribution in [0.4, 0.5) is 0 Å². The normalized spacial score (nSPS) is 39.2. The van der Waals surface area contributed by atoms with Gasteiger partial charge in [0.2, 0.25) is 0 Å². The van der Waals surface area contributed by atoms with Crippen molar-refractivity contribution < 1.29 is 0 Å². The van der Waals surface area contributed by atoms with Crippen molar-refractivity contribution in [2.24, 2.45) is 17.8 Å². The average Bonchev–Trinajstić information content (AvgIpc) is 2.74. The average molecular weight is 266 g/mol. The first-order valence-electron chi connectivity index (χ1n) is 8.54. The van der Waals surface area contributed by atoms with Crippen LogP contribution in [0.15, 0.2) is 0 Å². The van der Waals surface area contributed by atoms with Crippen molar-refractivity contribution >= 4 is 0 Å². The molecular formula is C17H34N2. The molecule has 6 unspecified atom stereocenters. The summed E-state index contributed by atoms with van der Waals surface area (Å²) in [5.74, 6) is 2.69. The molecule has 1 heterocycles. The molecule has 2 nitrogen and oxygen atoms in total. The Labute approximate surface area is 120 Å². The second-order valence-electron chi connectivity index (χ2n) is 7.53. The van der Waals surface area contributed by atoms with Gasteiger partial charge < -0.3 is 10.6 Å². The van der Waals surface area contributed by atoms with Crippen LogP contribution in [0.5, 0.6) is 0 Å². The third-order valence-corrected chi connectivity index (χ3v) is 5.48. The molecule has 0 aromatic heterocycles. The van der Waals surface area contributed by atoms with Crippen molar-refractivity contribution in [3.05, 3.63) is 0 Å². The lowest BCUT2D eigenvalue weighted by atomic mass is 9.83. The van der Waals surface area contributed by atoms with Crippen molar-refractivity contribution in [2.45, 2.75) is 84.3 Å². The quantitative estimate of drug-likeness (QED) is 0.795. The maximum atomic E-state index is 3.89. The molecule has 0 bridgehead atoms. The highest BCUT2D eigenvalue weighted by Gasteiger charge is 2.26. The maximum Gasteiger partial charge on any atom is 0.00722 e. The maximum absolute atomic E-state index is 3.89. The van der Waals surface area contributed by atoms with Crippen molar-refractivity contribution in [1.82, 2.24) is 10.6 Å². The first kappa shape index (κ1) is 15.3. The molecule has 2 aliphatic rings. The summed E-state index contributed by atoms with van der Waals surface area (Å²) in [5.41, 5.74) is 0. The minimum Gasteiger partial charge on any atom is -0.314 e. The highest BCUT2D eigenvalue weighted by atomic mass is 15.0. The van der Waals surface area contributed by atoms with Gasteiger partial charge in [0.15, 0.2) is 0 Å². The van der Waals surface area contributed by atoms with Gasteiger partial charge in [-0.05, 0) is 76.7 Å². The van der Waals surface area contributed by atoms with Crippen LogP contribution in [0, 0.1) is 17.8 Å². The Balaban J connectivity index is 1.71. The van der Waals surface area contributed by atoms with Crippen LogP contribution < -0.4 is 10.6 Å². The smallest absolute Gasteiger partial charge is 0.00722 e. The lowest BCUT2D eigenvalue weighted by molar-refractivity contribution is 0.237. The van der Waals surface area contributed by atoms with Crippen LogP contribution in [-0.4, -0.2) is 24.7 Å². The molecular weight excluding hydrogens is 232 g/mol. The summed E-state index contributed by atoms with van der Waals surface area (Å²) in [6.07, 6.45) is 8.36. The molecule has 2 fully saturated rings. The third kappa shape index (κ3) is 4.75. The van der Waals surface area contributed by atoms with E-state index in [0.29, 0.717) is 6.04 Å². The van der Waals surface area contributed by atoms with Crippen molar-refractivity contribution in [3.63, 3.8) is 0 Å². The molecule has 0 aromatic rings. The van der Waals surface area contributed by atoms with E-state index in [1.807, 2.05) is 0 Å². The van der Waals surface area contributed by atoms with E-state index < -0.39 is 0 Å². The van der Waals surface area contributed by atoms with Crippen LogP contribution in [0.2, 0.25) is 0 Å². The molecule has 112 valence electrons. The number of piperidine rings is 1. The van der Waals surface area contributed by atoms with E-state index in [4.69, 9.17) is 0 Å². The zero-order chi connectivity index (χ0) is 13.8. The summed E-state index contributed by atoms with van der Waals surface area (Å²) >= 11 is 0. The van der Waals surface area contributed by atoms with Gasteiger partial charge in [-0.2, -0.15) is 0 Å². The van der Waals surface area contributed by atoms with Crippen LogP contribution in [0.3, 0.4) is 0 Å². The molecule has 0 radical (unpaired) electrons. The molecule has 6 atom stereocenters. The zero-order valence-corrected chi connectivity index (χ0v) is 13.4. The summed E-state index contributed by atoms with van der Waals surface area (Å²) in [5, 5.41) is 7.46. The van der Waals surface area contributed by atoms with E-state index in [-0.39, 0.29) is 0 Å². The van der Waals surface area contributed by atoms with Crippen LogP contribution in [0.25, 0.3) is 0 Å². The molecule has 2 heteroatoms. The van der Waals surface area contributed by atoms with Gasteiger partial charge in [-0.1, -0.05) is 13.8 Å². The fourth-order valence-electron chi connectivity index (χ4n) is 4.07. The first-order valence-corrected chi connectivity index (χ1v) is 8.54. The molecule has 1 aliphatic carbocycles. The van der Waals surface area contributed by atoms with Crippen LogP contribution in [-0.2, 0) is 0 Å². The van der Waals surface area contributed by atoms with E-state index in [0.717, 1.165) is 29.8 Å². The van der Waals surface area contributed by atoms with Gasteiger partial charge in [0.1, 0.15) is 0 Å². The summed E-state index contributed by atoms with van der Waals surface area (Å²) < 4.78 is 0. The number of nitrogens with one attached hydrogen (secondary N) is 2. The molecule has 0 aromatic carbocycles. The van der Waals surface area contributed by atoms with Gasteiger partial charge in [-0.15, -0.1) is 0 Å². The fraction of sp³-hybridized carbons (Fsp3) is 1.00. The minimum absolute atomic E-state index is 0.681. The van der Waals surface area contributed by atoms with Crippen molar-refractivity contribution in [3.8, 4) is 0 Å². The molecule has 1 saturated carbocycles. The molecule has 0 amide bonds. The minimum atomic E-state index is 0.681. The number of hydrogen-bond donors (Lipinski definition) is 2. The van der Waals surface area contributed by atoms with Crippen molar-refractivity contribution in [2.75, 3.05) is 6.54 Å². The van der Waals surface area contributed by atoms with Gasteiger partial charge in [-0.3, -0.25) is 0 Å². The molecule has 1 aliphatic heterocycles. The lowest BCUT2D eigenvalue weighted by Crippen LogP contribution is -2.41. The highest BCUT2D eigenvalue weighted by Crippen LogP contribution is 2.28. The van der Waals surface area contributed by atoms with Crippen molar-refractivity contribution in [1.29, 1.82) is 0 Å². The summed E-state index contributed by atoms with van der Waals surface area (Å²) in [6, 6.07) is 2.20. The van der Waals surface area contributed by atoms with Gasteiger partial charge >= 0.3 is 0 Å². The molecule has 1 saturated heterocycles. The predicted molar refractivity (Wildman–Crippen MR) is 83.4 cm³/mol. The Hall–Kier alpha value is -0.0800. The highest BCUT2D eigenvalue weighted by molar-refractivity contribution is 4.84. The third-order valence-electron chi connectivity index (χ3n) is 5.48. The summed E-state index contributed by atoms with van der Waals surface area (Å²) in [6.45, 7) is 10.8. The SMILES string of the molecule is CC1CCC(NC(C)C(C)CC2CCNC(C)C2)C1. The summed E-state index contributed by atoms with van der Waals surface area (Å²) in [4.78, 5) is 0. The Bertz CT molecular complexity index is 266. The van der Waals surface area contributed by atoms with E-state index in [9.17, 15) is 0 Å². The van der Waals surface area contributed by atoms with E-state index in [1.165, 1.54) is 45.1 Å². The standard InChI is InChI=1S/C17H34N2/c1-12-5-6-17(9-12)19-15(4)13(2)10-16-7-8-18-14(3)11-16/h12-19H,5-11H2,1-4H3. The zero-order valence-electron chi connectivity index (χ0n) is 13.4. The Morgan fingerprint density at radius 1 is 1.11 bits per heavy atom. The van der Waals surface area contributed by atoms with Gasteiger partial charge in [0.25, 0.3) is 0 Å². The second kappa shape index (κ2) is 7.08. The molecule has 19 heavy (non-hydrogen) atoms. The van der Waals surface area contributed by atoms with Crippen LogP contribution >= 0.6 is 0 Å². The number of hydrogen-bond acceptors (Lipinski definition) is 2. The van der Waals surface area contributed by atoms with E-state index in [1.54, 1.807) is 0 Å². The van der Waals surface area contributed by atoms with Gasteiger partial charge in [-0.25, -0.2) is 0 Å².